The first-order chi connectivity index (χ1) is 11.8. The van der Waals surface area contributed by atoms with Crippen molar-refractivity contribution in [2.75, 3.05) is 13.2 Å². The second kappa shape index (κ2) is 6.16. The molecule has 24 heavy (non-hydrogen) atoms. The number of nitrogens with zero attached hydrogens (tertiary/aromatic N) is 3. The van der Waals surface area contributed by atoms with Crippen LogP contribution in [0.4, 0.5) is 0 Å². The van der Waals surface area contributed by atoms with Gasteiger partial charge in [0.1, 0.15) is 5.75 Å². The molecule has 2 heterocycles. The lowest BCUT2D eigenvalue weighted by Crippen LogP contribution is -2.29. The van der Waals surface area contributed by atoms with Crippen LogP contribution in [-0.2, 0) is 0 Å². The Hall–Kier alpha value is -3.15. The average Bonchev–Trinajstić information content (AvgIpc) is 3.28. The smallest absolute Gasteiger partial charge is 0.273 e. The van der Waals surface area contributed by atoms with Crippen molar-refractivity contribution in [2.24, 2.45) is 0 Å². The molecular formula is C18H16N4O2. The summed E-state index contributed by atoms with van der Waals surface area (Å²) in [6.07, 6.45) is 1.47. The lowest BCUT2D eigenvalue weighted by Gasteiger charge is -2.09. The molecule has 120 valence electrons. The summed E-state index contributed by atoms with van der Waals surface area (Å²) >= 11 is 0. The number of para-hydroxylation sites is 2. The summed E-state index contributed by atoms with van der Waals surface area (Å²) in [6, 6.07) is 17.4. The first-order valence-electron chi connectivity index (χ1n) is 7.79. The molecule has 0 bridgehead atoms. The minimum atomic E-state index is -0.235. The lowest BCUT2D eigenvalue weighted by molar-refractivity contribution is 0.0944. The van der Waals surface area contributed by atoms with Crippen molar-refractivity contribution < 1.29 is 9.53 Å². The average molecular weight is 320 g/mol. The van der Waals surface area contributed by atoms with Gasteiger partial charge >= 0.3 is 0 Å². The molecule has 0 aliphatic carbocycles. The molecule has 0 saturated carbocycles. The third kappa shape index (κ3) is 2.74. The second-order valence-corrected chi connectivity index (χ2v) is 5.61. The van der Waals surface area contributed by atoms with E-state index in [9.17, 15) is 4.79 Å². The molecule has 0 fully saturated rings. The molecule has 2 aromatic carbocycles. The highest BCUT2D eigenvalue weighted by atomic mass is 16.5. The maximum Gasteiger partial charge on any atom is 0.273 e. The molecular weight excluding hydrogens is 304 g/mol. The Bertz CT molecular complexity index is 860. The van der Waals surface area contributed by atoms with Gasteiger partial charge in [-0.25, -0.2) is 0 Å². The van der Waals surface area contributed by atoms with Gasteiger partial charge in [-0.3, -0.25) is 4.79 Å². The normalized spacial score (nSPS) is 15.6. The van der Waals surface area contributed by atoms with E-state index >= 15 is 0 Å². The number of hydrogen-bond donors (Lipinski definition) is 1. The topological polar surface area (TPSA) is 69.0 Å². The molecule has 6 nitrogen and oxygen atoms in total. The van der Waals surface area contributed by atoms with Crippen molar-refractivity contribution in [3.05, 3.63) is 72.1 Å². The number of carbonyl (C=O) groups is 1. The number of carbonyl (C=O) groups excluding carboxylic acids is 1. The van der Waals surface area contributed by atoms with E-state index in [4.69, 9.17) is 4.74 Å². The van der Waals surface area contributed by atoms with Crippen LogP contribution >= 0.6 is 0 Å². The number of nitrogens with one attached hydrogen (secondary N) is 1. The standard InChI is InChI=1S/C18H16N4O2/c23-18(16-11-20-22(21-16)14-6-2-1-3-7-14)19-10-13-12-24-17-9-5-4-8-15(13)17/h1-9,11,13H,10,12H2,(H,19,23)/t13-/m1/s1. The zero-order valence-corrected chi connectivity index (χ0v) is 12.9. The summed E-state index contributed by atoms with van der Waals surface area (Å²) < 4.78 is 5.63. The first kappa shape index (κ1) is 14.4. The lowest BCUT2D eigenvalue weighted by atomic mass is 10.0. The van der Waals surface area contributed by atoms with Gasteiger partial charge in [0, 0.05) is 18.0 Å². The second-order valence-electron chi connectivity index (χ2n) is 5.61. The molecule has 3 aromatic rings. The van der Waals surface area contributed by atoms with E-state index in [1.54, 1.807) is 0 Å². The van der Waals surface area contributed by atoms with Crippen LogP contribution < -0.4 is 10.1 Å². The van der Waals surface area contributed by atoms with Crippen LogP contribution in [0.25, 0.3) is 5.69 Å². The quantitative estimate of drug-likeness (QED) is 0.800. The van der Waals surface area contributed by atoms with Crippen LogP contribution in [0.5, 0.6) is 5.75 Å². The van der Waals surface area contributed by atoms with E-state index in [0.717, 1.165) is 17.0 Å². The summed E-state index contributed by atoms with van der Waals surface area (Å²) in [5.74, 6) is 0.822. The number of benzene rings is 2. The van der Waals surface area contributed by atoms with E-state index in [2.05, 4.69) is 15.5 Å². The SMILES string of the molecule is O=C(NC[C@@H]1COc2ccccc21)c1cnn(-c2ccccc2)n1. The van der Waals surface area contributed by atoms with E-state index in [-0.39, 0.29) is 11.8 Å². The summed E-state index contributed by atoms with van der Waals surface area (Å²) in [4.78, 5) is 13.7. The predicted molar refractivity (Wildman–Crippen MR) is 88.4 cm³/mol. The van der Waals surface area contributed by atoms with E-state index < -0.39 is 0 Å². The molecule has 1 aliphatic rings. The van der Waals surface area contributed by atoms with Gasteiger partial charge in [-0.2, -0.15) is 9.90 Å². The Kier molecular flexibility index (Phi) is 3.70. The van der Waals surface area contributed by atoms with E-state index in [1.165, 1.54) is 11.0 Å². The number of hydrogen-bond acceptors (Lipinski definition) is 4. The van der Waals surface area contributed by atoms with Crippen LogP contribution in [0.1, 0.15) is 22.0 Å². The molecule has 6 heteroatoms. The molecule has 0 radical (unpaired) electrons. The van der Waals surface area contributed by atoms with Gasteiger partial charge in [0.15, 0.2) is 5.69 Å². The highest BCUT2D eigenvalue weighted by molar-refractivity contribution is 5.91. The highest BCUT2D eigenvalue weighted by Crippen LogP contribution is 2.32. The fourth-order valence-electron chi connectivity index (χ4n) is 2.76. The summed E-state index contributed by atoms with van der Waals surface area (Å²) in [7, 11) is 0. The zero-order chi connectivity index (χ0) is 16.4. The van der Waals surface area contributed by atoms with Crippen molar-refractivity contribution >= 4 is 5.91 Å². The summed E-state index contributed by atoms with van der Waals surface area (Å²) in [5, 5.41) is 11.3. The van der Waals surface area contributed by atoms with Crippen molar-refractivity contribution in [1.82, 2.24) is 20.3 Å². The monoisotopic (exact) mass is 320 g/mol. The molecule has 1 aliphatic heterocycles. The van der Waals surface area contributed by atoms with Crippen LogP contribution in [0.15, 0.2) is 60.8 Å². The third-order valence-electron chi connectivity index (χ3n) is 4.02. The van der Waals surface area contributed by atoms with Gasteiger partial charge in [-0.15, -0.1) is 5.10 Å². The van der Waals surface area contributed by atoms with Crippen LogP contribution in [0, 0.1) is 0 Å². The van der Waals surface area contributed by atoms with E-state index in [1.807, 2.05) is 54.6 Å². The minimum absolute atomic E-state index is 0.161. The Labute approximate surface area is 139 Å². The molecule has 0 spiro atoms. The van der Waals surface area contributed by atoms with Crippen LogP contribution in [0.2, 0.25) is 0 Å². The molecule has 1 aromatic heterocycles. The predicted octanol–water partition coefficient (Wildman–Crippen LogP) is 2.17. The highest BCUT2D eigenvalue weighted by Gasteiger charge is 2.24. The number of rotatable bonds is 4. The van der Waals surface area contributed by atoms with Gasteiger partial charge in [0.05, 0.1) is 18.5 Å². The van der Waals surface area contributed by atoms with Crippen LogP contribution in [0.3, 0.4) is 0 Å². The molecule has 1 amide bonds. The van der Waals surface area contributed by atoms with Gasteiger partial charge in [-0.05, 0) is 18.2 Å². The van der Waals surface area contributed by atoms with Gasteiger partial charge in [0.2, 0.25) is 0 Å². The van der Waals surface area contributed by atoms with Gasteiger partial charge in [0.25, 0.3) is 5.91 Å². The Morgan fingerprint density at radius 3 is 2.83 bits per heavy atom. The van der Waals surface area contributed by atoms with Gasteiger partial charge < -0.3 is 10.1 Å². The number of ether oxygens (including phenoxy) is 1. The van der Waals surface area contributed by atoms with Gasteiger partial charge in [-0.1, -0.05) is 36.4 Å². The van der Waals surface area contributed by atoms with Crippen molar-refractivity contribution in [2.45, 2.75) is 5.92 Å². The Balaban J connectivity index is 1.42. The Morgan fingerprint density at radius 1 is 1.17 bits per heavy atom. The molecule has 4 rings (SSSR count). The maximum atomic E-state index is 12.3. The summed E-state index contributed by atoms with van der Waals surface area (Å²) in [5.41, 5.74) is 2.24. The third-order valence-corrected chi connectivity index (χ3v) is 4.02. The van der Waals surface area contributed by atoms with Crippen molar-refractivity contribution in [3.63, 3.8) is 0 Å². The molecule has 1 atom stereocenters. The van der Waals surface area contributed by atoms with Crippen molar-refractivity contribution in [1.29, 1.82) is 0 Å². The van der Waals surface area contributed by atoms with E-state index in [0.29, 0.717) is 18.8 Å². The number of aromatic nitrogens is 3. The number of amides is 1. The van der Waals surface area contributed by atoms with Crippen molar-refractivity contribution in [3.8, 4) is 11.4 Å². The first-order valence-corrected chi connectivity index (χ1v) is 7.79. The largest absolute Gasteiger partial charge is 0.493 e. The fourth-order valence-corrected chi connectivity index (χ4v) is 2.76. The molecule has 0 saturated heterocycles. The Morgan fingerprint density at radius 2 is 1.96 bits per heavy atom. The zero-order valence-electron chi connectivity index (χ0n) is 12.9. The number of fused-ring (bicyclic) bond motifs is 1. The summed E-state index contributed by atoms with van der Waals surface area (Å²) in [6.45, 7) is 1.09. The maximum absolute atomic E-state index is 12.3. The molecule has 1 N–H and O–H groups in total. The van der Waals surface area contributed by atoms with Crippen LogP contribution in [-0.4, -0.2) is 34.1 Å². The fraction of sp³-hybridized carbons (Fsp3) is 0.167. The molecule has 0 unspecified atom stereocenters. The minimum Gasteiger partial charge on any atom is -0.493 e.